The molecule has 8 heteroatoms. The maximum Gasteiger partial charge on any atom is 0.272 e. The molecule has 0 bridgehead atoms. The Kier molecular flexibility index (Phi) is 3.54. The normalized spacial score (nSPS) is 17.7. The lowest BCUT2D eigenvalue weighted by Crippen LogP contribution is -2.45. The van der Waals surface area contributed by atoms with Gasteiger partial charge in [0.05, 0.1) is 5.69 Å². The Morgan fingerprint density at radius 3 is 2.78 bits per heavy atom. The molecule has 2 aliphatic rings. The number of benzene rings is 1. The van der Waals surface area contributed by atoms with Crippen molar-refractivity contribution in [3.63, 3.8) is 0 Å². The van der Waals surface area contributed by atoms with E-state index in [0.29, 0.717) is 43.9 Å². The topological polar surface area (TPSA) is 107 Å². The van der Waals surface area contributed by atoms with Crippen molar-refractivity contribution in [1.29, 1.82) is 0 Å². The highest BCUT2D eigenvalue weighted by Gasteiger charge is 2.38. The molecule has 0 atom stereocenters. The summed E-state index contributed by atoms with van der Waals surface area (Å²) < 4.78 is 5.79. The summed E-state index contributed by atoms with van der Waals surface area (Å²) >= 11 is 0. The van der Waals surface area contributed by atoms with E-state index >= 15 is 0 Å². The Balaban J connectivity index is 1.37. The van der Waals surface area contributed by atoms with E-state index in [2.05, 4.69) is 20.4 Å². The molecular formula is C19H19N5O3. The van der Waals surface area contributed by atoms with Gasteiger partial charge in [-0.2, -0.15) is 10.2 Å². The Hall–Kier alpha value is -3.13. The molecule has 5 rings (SSSR count). The lowest BCUT2D eigenvalue weighted by atomic mass is 9.88. The molecule has 138 valence electrons. The van der Waals surface area contributed by atoms with Gasteiger partial charge in [0.1, 0.15) is 29.3 Å². The molecule has 0 radical (unpaired) electrons. The fraction of sp³-hybridized carbons (Fsp3) is 0.316. The fourth-order valence-corrected chi connectivity index (χ4v) is 3.87. The van der Waals surface area contributed by atoms with Gasteiger partial charge in [-0.3, -0.25) is 15.0 Å². The first kappa shape index (κ1) is 16.1. The number of likely N-dealkylation sites (tertiary alicyclic amines) is 1. The Bertz CT molecular complexity index is 987. The van der Waals surface area contributed by atoms with Crippen LogP contribution in [0.2, 0.25) is 0 Å². The molecule has 1 saturated heterocycles. The van der Waals surface area contributed by atoms with E-state index in [4.69, 9.17) is 4.74 Å². The average Bonchev–Trinajstić information content (AvgIpc) is 3.38. The largest absolute Gasteiger partial charge is 0.488 e. The molecule has 1 amide bonds. The van der Waals surface area contributed by atoms with Crippen molar-refractivity contribution in [1.82, 2.24) is 25.3 Å². The van der Waals surface area contributed by atoms with Gasteiger partial charge < -0.3 is 14.7 Å². The Labute approximate surface area is 155 Å². The number of carbonyl (C=O) groups is 1. The predicted molar refractivity (Wildman–Crippen MR) is 96.0 cm³/mol. The first-order chi connectivity index (χ1) is 13.2. The molecule has 3 N–H and O–H groups in total. The van der Waals surface area contributed by atoms with Crippen molar-refractivity contribution in [3.05, 3.63) is 53.5 Å². The smallest absolute Gasteiger partial charge is 0.272 e. The lowest BCUT2D eigenvalue weighted by Gasteiger charge is -2.37. The van der Waals surface area contributed by atoms with Crippen molar-refractivity contribution in [2.24, 2.45) is 0 Å². The van der Waals surface area contributed by atoms with Crippen LogP contribution in [0.3, 0.4) is 0 Å². The minimum atomic E-state index is -0.969. The number of nitrogens with one attached hydrogen (secondary N) is 2. The average molecular weight is 365 g/mol. The summed E-state index contributed by atoms with van der Waals surface area (Å²) in [6, 6.07) is 9.45. The van der Waals surface area contributed by atoms with Gasteiger partial charge in [0.25, 0.3) is 5.91 Å². The van der Waals surface area contributed by atoms with Crippen LogP contribution in [0, 0.1) is 0 Å². The van der Waals surface area contributed by atoms with Gasteiger partial charge in [-0.1, -0.05) is 12.1 Å². The third-order valence-corrected chi connectivity index (χ3v) is 5.48. The molecule has 0 aliphatic carbocycles. The highest BCUT2D eigenvalue weighted by atomic mass is 16.5. The van der Waals surface area contributed by atoms with Crippen LogP contribution < -0.4 is 4.74 Å². The number of hydrogen-bond donors (Lipinski definition) is 3. The van der Waals surface area contributed by atoms with Crippen LogP contribution in [0.25, 0.3) is 11.3 Å². The number of aliphatic hydroxyl groups is 1. The number of hydrogen-bond acceptors (Lipinski definition) is 5. The number of ether oxygens (including phenoxy) is 1. The predicted octanol–water partition coefficient (Wildman–Crippen LogP) is 1.82. The van der Waals surface area contributed by atoms with E-state index in [-0.39, 0.29) is 5.91 Å². The number of carbonyl (C=O) groups excluding carboxylic acids is 1. The molecule has 0 unspecified atom stereocenters. The molecule has 0 spiro atoms. The van der Waals surface area contributed by atoms with Crippen LogP contribution >= 0.6 is 0 Å². The minimum absolute atomic E-state index is 0.113. The van der Waals surface area contributed by atoms with Gasteiger partial charge in [-0.05, 0) is 31.0 Å². The molecule has 3 aromatic rings. The zero-order chi connectivity index (χ0) is 18.4. The number of fused-ring (bicyclic) bond motifs is 3. The van der Waals surface area contributed by atoms with Crippen molar-refractivity contribution >= 4 is 5.91 Å². The standard InChI is InChI=1S/C19H19N5O3/c25-18(24-9-6-19(26,7-10-24)15-5-8-20-21-15)17-13-11-27-14-4-2-1-3-12(14)16(13)22-23-17/h1-5,8,26H,6-7,9-11H2,(H,20,21)(H,22,23). The second-order valence-corrected chi connectivity index (χ2v) is 7.00. The quantitative estimate of drug-likeness (QED) is 0.642. The number of rotatable bonds is 2. The Morgan fingerprint density at radius 1 is 1.19 bits per heavy atom. The molecule has 2 aromatic heterocycles. The van der Waals surface area contributed by atoms with Gasteiger partial charge in [0.15, 0.2) is 0 Å². The van der Waals surface area contributed by atoms with Crippen LogP contribution in [-0.2, 0) is 12.2 Å². The second-order valence-electron chi connectivity index (χ2n) is 7.00. The maximum atomic E-state index is 13.0. The summed E-state index contributed by atoms with van der Waals surface area (Å²) in [6.45, 7) is 1.23. The molecule has 4 heterocycles. The van der Waals surface area contributed by atoms with Crippen LogP contribution in [0.4, 0.5) is 0 Å². The zero-order valence-electron chi connectivity index (χ0n) is 14.6. The number of aromatic nitrogens is 4. The zero-order valence-corrected chi connectivity index (χ0v) is 14.6. The van der Waals surface area contributed by atoms with Crippen LogP contribution in [0.5, 0.6) is 5.75 Å². The molecule has 8 nitrogen and oxygen atoms in total. The number of aromatic amines is 2. The number of amides is 1. The second kappa shape index (κ2) is 5.95. The first-order valence-corrected chi connectivity index (χ1v) is 8.97. The first-order valence-electron chi connectivity index (χ1n) is 8.97. The van der Waals surface area contributed by atoms with Crippen molar-refractivity contribution in [3.8, 4) is 17.0 Å². The van der Waals surface area contributed by atoms with E-state index in [1.165, 1.54) is 0 Å². The van der Waals surface area contributed by atoms with Gasteiger partial charge in [0.2, 0.25) is 0 Å². The number of piperidine rings is 1. The lowest BCUT2D eigenvalue weighted by molar-refractivity contribution is -0.0246. The number of para-hydroxylation sites is 1. The van der Waals surface area contributed by atoms with Gasteiger partial charge in [-0.15, -0.1) is 0 Å². The van der Waals surface area contributed by atoms with Gasteiger partial charge >= 0.3 is 0 Å². The van der Waals surface area contributed by atoms with Crippen molar-refractivity contribution in [2.75, 3.05) is 13.1 Å². The number of H-pyrrole nitrogens is 2. The molecule has 0 saturated carbocycles. The highest BCUT2D eigenvalue weighted by Crippen LogP contribution is 2.38. The van der Waals surface area contributed by atoms with Crippen molar-refractivity contribution in [2.45, 2.75) is 25.0 Å². The minimum Gasteiger partial charge on any atom is -0.488 e. The summed E-state index contributed by atoms with van der Waals surface area (Å²) in [6.07, 6.45) is 2.53. The van der Waals surface area contributed by atoms with Gasteiger partial charge in [-0.25, -0.2) is 0 Å². The van der Waals surface area contributed by atoms with E-state index in [0.717, 1.165) is 22.6 Å². The summed E-state index contributed by atoms with van der Waals surface area (Å²) in [4.78, 5) is 14.8. The summed E-state index contributed by atoms with van der Waals surface area (Å²) in [5, 5.41) is 24.8. The van der Waals surface area contributed by atoms with Crippen LogP contribution in [0.15, 0.2) is 36.5 Å². The molecule has 2 aliphatic heterocycles. The van der Waals surface area contributed by atoms with Crippen molar-refractivity contribution < 1.29 is 14.6 Å². The van der Waals surface area contributed by atoms with Crippen LogP contribution in [0.1, 0.15) is 34.6 Å². The van der Waals surface area contributed by atoms with E-state index in [1.54, 1.807) is 17.2 Å². The summed E-state index contributed by atoms with van der Waals surface area (Å²) in [5.74, 6) is 0.663. The van der Waals surface area contributed by atoms with E-state index < -0.39 is 5.60 Å². The van der Waals surface area contributed by atoms with Gasteiger partial charge in [0, 0.05) is 30.4 Å². The summed E-state index contributed by atoms with van der Waals surface area (Å²) in [7, 11) is 0. The van der Waals surface area contributed by atoms with E-state index in [9.17, 15) is 9.90 Å². The summed E-state index contributed by atoms with van der Waals surface area (Å²) in [5.41, 5.74) is 2.63. The van der Waals surface area contributed by atoms with E-state index in [1.807, 2.05) is 24.3 Å². The Morgan fingerprint density at radius 2 is 2.00 bits per heavy atom. The maximum absolute atomic E-state index is 13.0. The fourth-order valence-electron chi connectivity index (χ4n) is 3.87. The third-order valence-electron chi connectivity index (χ3n) is 5.48. The highest BCUT2D eigenvalue weighted by molar-refractivity contribution is 5.96. The molecule has 1 aromatic carbocycles. The molecular weight excluding hydrogens is 346 g/mol. The monoisotopic (exact) mass is 365 g/mol. The third kappa shape index (κ3) is 2.52. The number of nitrogens with zero attached hydrogens (tertiary/aromatic N) is 3. The van der Waals surface area contributed by atoms with Crippen LogP contribution in [-0.4, -0.2) is 49.4 Å². The molecule has 1 fully saturated rings. The SMILES string of the molecule is O=C(c1[nH]nc2c1COc1ccccc1-2)N1CCC(O)(c2ccn[nH]2)CC1. The molecule has 27 heavy (non-hydrogen) atoms.